The van der Waals surface area contributed by atoms with Crippen molar-refractivity contribution in [3.05, 3.63) is 117 Å². The number of carbonyl (C=O) groups is 3. The molecule has 0 bridgehead atoms. The lowest BCUT2D eigenvalue weighted by Crippen LogP contribution is -2.38. The molecule has 0 saturated carbocycles. The Kier molecular flexibility index (Phi) is 9.38. The van der Waals surface area contributed by atoms with Gasteiger partial charge in [-0.2, -0.15) is 13.2 Å². The average molecular weight is 610 g/mol. The van der Waals surface area contributed by atoms with Crippen LogP contribution in [0.25, 0.3) is 11.4 Å². The Balaban J connectivity index is 1.89. The number of ketones is 1. The van der Waals surface area contributed by atoms with Gasteiger partial charge in [-0.3, -0.25) is 23.7 Å². The van der Waals surface area contributed by atoms with E-state index in [2.05, 4.69) is 20.9 Å². The van der Waals surface area contributed by atoms with Crippen LogP contribution >= 0.6 is 0 Å². The molecule has 13 heteroatoms. The van der Waals surface area contributed by atoms with E-state index in [0.29, 0.717) is 11.6 Å². The standard InChI is InChI=1S/C31H27F4N5O4/c1-17(36-2)28(42)39-25-15-38-27(20-5-4-6-21(13-20)29(43)37-3)40(30(25)44)16-18-11-22(14-23(12-18)31(33,34)35)26(41)19-7-9-24(32)10-8-19/h4-15,17,36H,16H2,1-3H3,(H,37,43)(H,39,42)/t17-/m0/s1. The largest absolute Gasteiger partial charge is 0.416 e. The molecule has 44 heavy (non-hydrogen) atoms. The van der Waals surface area contributed by atoms with Crippen LogP contribution < -0.4 is 21.5 Å². The fraction of sp³-hybridized carbons (Fsp3) is 0.194. The van der Waals surface area contributed by atoms with Crippen molar-refractivity contribution >= 4 is 23.3 Å². The third kappa shape index (κ3) is 7.06. The number of hydrogen-bond acceptors (Lipinski definition) is 6. The Morgan fingerprint density at radius 3 is 2.27 bits per heavy atom. The van der Waals surface area contributed by atoms with Crippen LogP contribution in [0.15, 0.2) is 77.7 Å². The van der Waals surface area contributed by atoms with Crippen molar-refractivity contribution in [2.24, 2.45) is 0 Å². The number of aromatic nitrogens is 2. The molecule has 0 aliphatic heterocycles. The number of carbonyl (C=O) groups excluding carboxylic acids is 3. The van der Waals surface area contributed by atoms with Crippen LogP contribution in [0.3, 0.4) is 0 Å². The minimum absolute atomic E-state index is 0.00996. The molecule has 0 saturated heterocycles. The van der Waals surface area contributed by atoms with E-state index in [1.807, 2.05) is 0 Å². The molecule has 0 unspecified atom stereocenters. The maximum Gasteiger partial charge on any atom is 0.416 e. The monoisotopic (exact) mass is 609 g/mol. The maximum atomic E-state index is 14.0. The number of nitrogens with zero attached hydrogens (tertiary/aromatic N) is 2. The van der Waals surface area contributed by atoms with Crippen LogP contribution in [0.4, 0.5) is 23.2 Å². The number of likely N-dealkylation sites (N-methyl/N-ethyl adjacent to an activating group) is 1. The molecule has 3 N–H and O–H groups in total. The Morgan fingerprint density at radius 2 is 1.64 bits per heavy atom. The van der Waals surface area contributed by atoms with Crippen molar-refractivity contribution in [3.8, 4) is 11.4 Å². The first kappa shape index (κ1) is 31.8. The van der Waals surface area contributed by atoms with Crippen LogP contribution in [-0.4, -0.2) is 47.3 Å². The summed E-state index contributed by atoms with van der Waals surface area (Å²) >= 11 is 0. The van der Waals surface area contributed by atoms with E-state index in [4.69, 9.17) is 0 Å². The van der Waals surface area contributed by atoms with E-state index in [0.717, 1.165) is 41.1 Å². The molecule has 0 aliphatic carbocycles. The van der Waals surface area contributed by atoms with Crippen LogP contribution in [0.1, 0.15) is 44.3 Å². The molecular formula is C31H27F4N5O4. The molecule has 3 aromatic carbocycles. The van der Waals surface area contributed by atoms with Gasteiger partial charge in [0, 0.05) is 29.3 Å². The molecule has 228 valence electrons. The summed E-state index contributed by atoms with van der Waals surface area (Å²) in [5.74, 6) is -2.40. The van der Waals surface area contributed by atoms with Gasteiger partial charge in [0.25, 0.3) is 11.5 Å². The summed E-state index contributed by atoms with van der Waals surface area (Å²) in [6, 6.07) is 12.4. The number of halogens is 4. The van der Waals surface area contributed by atoms with E-state index in [9.17, 15) is 36.7 Å². The molecule has 1 atom stereocenters. The van der Waals surface area contributed by atoms with Crippen molar-refractivity contribution in [1.29, 1.82) is 0 Å². The third-order valence-electron chi connectivity index (χ3n) is 6.77. The number of benzene rings is 3. The quantitative estimate of drug-likeness (QED) is 0.193. The number of rotatable bonds is 9. The van der Waals surface area contributed by atoms with Gasteiger partial charge in [0.2, 0.25) is 5.91 Å². The van der Waals surface area contributed by atoms with Gasteiger partial charge in [-0.15, -0.1) is 0 Å². The minimum Gasteiger partial charge on any atom is -0.355 e. The molecule has 9 nitrogen and oxygen atoms in total. The second kappa shape index (κ2) is 13.0. The summed E-state index contributed by atoms with van der Waals surface area (Å²) in [7, 11) is 2.98. The van der Waals surface area contributed by atoms with Gasteiger partial charge in [-0.05, 0) is 74.1 Å². The first-order valence-corrected chi connectivity index (χ1v) is 13.2. The Hall–Kier alpha value is -5.17. The lowest BCUT2D eigenvalue weighted by atomic mass is 9.98. The van der Waals surface area contributed by atoms with Gasteiger partial charge < -0.3 is 16.0 Å². The zero-order valence-electron chi connectivity index (χ0n) is 23.8. The summed E-state index contributed by atoms with van der Waals surface area (Å²) in [5, 5.41) is 7.69. The summed E-state index contributed by atoms with van der Waals surface area (Å²) in [6.07, 6.45) is -3.72. The number of amides is 2. The first-order valence-electron chi connectivity index (χ1n) is 13.2. The van der Waals surface area contributed by atoms with Crippen LogP contribution in [0.2, 0.25) is 0 Å². The lowest BCUT2D eigenvalue weighted by molar-refractivity contribution is -0.137. The van der Waals surface area contributed by atoms with E-state index < -0.39 is 53.3 Å². The number of hydrogen-bond donors (Lipinski definition) is 3. The van der Waals surface area contributed by atoms with Gasteiger partial charge in [0.05, 0.1) is 24.3 Å². The third-order valence-corrected chi connectivity index (χ3v) is 6.77. The van der Waals surface area contributed by atoms with Crippen LogP contribution in [0.5, 0.6) is 0 Å². The molecule has 1 aromatic heterocycles. The Labute approximate surface area is 248 Å². The molecule has 4 aromatic rings. The topological polar surface area (TPSA) is 122 Å². The van der Waals surface area contributed by atoms with Crippen LogP contribution in [-0.2, 0) is 17.5 Å². The highest BCUT2D eigenvalue weighted by atomic mass is 19.4. The van der Waals surface area contributed by atoms with E-state index in [-0.39, 0.29) is 33.8 Å². The normalized spacial score (nSPS) is 12.0. The Bertz CT molecular complexity index is 1790. The molecule has 0 radical (unpaired) electrons. The molecular weight excluding hydrogens is 582 g/mol. The van der Waals surface area contributed by atoms with E-state index in [1.165, 1.54) is 25.2 Å². The summed E-state index contributed by atoms with van der Waals surface area (Å²) in [5.41, 5.74) is -2.10. The highest BCUT2D eigenvalue weighted by molar-refractivity contribution is 6.09. The zero-order chi connectivity index (χ0) is 32.2. The van der Waals surface area contributed by atoms with E-state index >= 15 is 0 Å². The minimum atomic E-state index is -4.85. The maximum absolute atomic E-state index is 14.0. The molecule has 0 fully saturated rings. The number of anilines is 1. The average Bonchev–Trinajstić information content (AvgIpc) is 3.01. The van der Waals surface area contributed by atoms with Crippen molar-refractivity contribution in [3.63, 3.8) is 0 Å². The highest BCUT2D eigenvalue weighted by Gasteiger charge is 2.32. The van der Waals surface area contributed by atoms with Crippen LogP contribution in [0, 0.1) is 5.82 Å². The summed E-state index contributed by atoms with van der Waals surface area (Å²) < 4.78 is 56.4. The molecule has 0 aliphatic rings. The second-order valence-electron chi connectivity index (χ2n) is 9.80. The van der Waals surface area contributed by atoms with Gasteiger partial charge in [0.15, 0.2) is 5.78 Å². The zero-order valence-corrected chi connectivity index (χ0v) is 23.8. The lowest BCUT2D eigenvalue weighted by Gasteiger charge is -2.17. The van der Waals surface area contributed by atoms with Gasteiger partial charge in [-0.25, -0.2) is 9.37 Å². The molecule has 0 spiro atoms. The fourth-order valence-corrected chi connectivity index (χ4v) is 4.30. The van der Waals surface area contributed by atoms with Gasteiger partial charge in [-0.1, -0.05) is 12.1 Å². The van der Waals surface area contributed by atoms with E-state index in [1.54, 1.807) is 26.1 Å². The van der Waals surface area contributed by atoms with Crippen molar-refractivity contribution in [2.45, 2.75) is 25.7 Å². The Morgan fingerprint density at radius 1 is 0.932 bits per heavy atom. The number of alkyl halides is 3. The second-order valence-corrected chi connectivity index (χ2v) is 9.80. The predicted molar refractivity (Wildman–Crippen MR) is 155 cm³/mol. The van der Waals surface area contributed by atoms with Crippen molar-refractivity contribution in [1.82, 2.24) is 20.2 Å². The fourth-order valence-electron chi connectivity index (χ4n) is 4.30. The SMILES string of the molecule is CNC(=O)c1cccc(-c2ncc(NC(=O)[C@H](C)NC)c(=O)n2Cc2cc(C(=O)c3ccc(F)cc3)cc(C(F)(F)F)c2)c1. The first-order chi connectivity index (χ1) is 20.8. The number of nitrogens with one attached hydrogen (secondary N) is 3. The van der Waals surface area contributed by atoms with Crippen molar-refractivity contribution < 1.29 is 31.9 Å². The highest BCUT2D eigenvalue weighted by Crippen LogP contribution is 2.32. The molecule has 2 amide bonds. The molecule has 4 rings (SSSR count). The smallest absolute Gasteiger partial charge is 0.355 e. The predicted octanol–water partition coefficient (Wildman–Crippen LogP) is 4.25. The van der Waals surface area contributed by atoms with Gasteiger partial charge in [0.1, 0.15) is 17.3 Å². The van der Waals surface area contributed by atoms with Crippen molar-refractivity contribution in [2.75, 3.05) is 19.4 Å². The molecule has 1 heterocycles. The summed E-state index contributed by atoms with van der Waals surface area (Å²) in [4.78, 5) is 56.0. The summed E-state index contributed by atoms with van der Waals surface area (Å²) in [6.45, 7) is 1.06. The van der Waals surface area contributed by atoms with Gasteiger partial charge >= 0.3 is 6.18 Å².